The normalized spacial score (nSPS) is 18.4. The van der Waals surface area contributed by atoms with Crippen LogP contribution < -0.4 is 10.2 Å². The molecule has 3 aromatic rings. The maximum Gasteiger partial charge on any atom is 0.234 e. The first kappa shape index (κ1) is 23.3. The second-order valence-corrected chi connectivity index (χ2v) is 9.27. The van der Waals surface area contributed by atoms with Gasteiger partial charge in [-0.3, -0.25) is 4.79 Å². The van der Waals surface area contributed by atoms with E-state index in [1.807, 2.05) is 28.8 Å². The Morgan fingerprint density at radius 1 is 1.18 bits per heavy atom. The van der Waals surface area contributed by atoms with Gasteiger partial charge in [-0.2, -0.15) is 0 Å². The lowest BCUT2D eigenvalue weighted by Crippen LogP contribution is -2.45. The molecular weight excluding hydrogens is 436 g/mol. The van der Waals surface area contributed by atoms with Crippen LogP contribution >= 0.6 is 11.8 Å². The Kier molecular flexibility index (Phi) is 7.29. The highest BCUT2D eigenvalue weighted by molar-refractivity contribution is 7.99. The van der Waals surface area contributed by atoms with E-state index in [0.717, 1.165) is 42.0 Å². The summed E-state index contributed by atoms with van der Waals surface area (Å²) in [4.78, 5) is 19.3. The minimum Gasteiger partial charge on any atom is -0.372 e. The van der Waals surface area contributed by atoms with E-state index >= 15 is 0 Å². The number of aryl methyl sites for hydroxylation is 1. The Morgan fingerprint density at radius 2 is 1.97 bits per heavy atom. The number of rotatable bonds is 7. The molecule has 1 fully saturated rings. The van der Waals surface area contributed by atoms with E-state index in [2.05, 4.69) is 65.2 Å². The molecule has 33 heavy (non-hydrogen) atoms. The largest absolute Gasteiger partial charge is 0.372 e. The monoisotopic (exact) mass is 466 g/mol. The fourth-order valence-corrected chi connectivity index (χ4v) is 4.82. The van der Waals surface area contributed by atoms with Gasteiger partial charge in [0, 0.05) is 25.2 Å². The molecule has 9 heteroatoms. The Bertz CT molecular complexity index is 1090. The van der Waals surface area contributed by atoms with E-state index in [-0.39, 0.29) is 23.9 Å². The van der Waals surface area contributed by atoms with Crippen LogP contribution in [0.2, 0.25) is 0 Å². The van der Waals surface area contributed by atoms with Crippen LogP contribution in [0, 0.1) is 6.92 Å². The zero-order valence-corrected chi connectivity index (χ0v) is 20.3. The number of carbonyl (C=O) groups is 1. The number of aromatic nitrogens is 4. The van der Waals surface area contributed by atoms with E-state index in [9.17, 15) is 4.79 Å². The zero-order chi connectivity index (χ0) is 23.4. The minimum atomic E-state index is -0.106. The predicted octanol–water partition coefficient (Wildman–Crippen LogP) is 4.01. The molecule has 8 nitrogen and oxygen atoms in total. The number of hydrogen-bond acceptors (Lipinski definition) is 7. The molecule has 1 aliphatic heterocycles. The van der Waals surface area contributed by atoms with Crippen molar-refractivity contribution in [2.24, 2.45) is 0 Å². The number of morpholine rings is 1. The number of ether oxygens (including phenoxy) is 1. The number of nitrogens with one attached hydrogen (secondary N) is 1. The third-order valence-corrected chi connectivity index (χ3v) is 6.38. The molecular formula is C24H30N6O2S. The van der Waals surface area contributed by atoms with Gasteiger partial charge in [0.25, 0.3) is 0 Å². The highest BCUT2D eigenvalue weighted by Gasteiger charge is 2.23. The summed E-state index contributed by atoms with van der Waals surface area (Å²) in [6, 6.07) is 12.0. The Morgan fingerprint density at radius 3 is 2.64 bits per heavy atom. The summed E-state index contributed by atoms with van der Waals surface area (Å²) in [5, 5.41) is 12.3. The number of nitrogens with zero attached hydrogens (tertiary/aromatic N) is 5. The number of thioether (sulfide) groups is 1. The smallest absolute Gasteiger partial charge is 0.234 e. The number of amides is 1. The van der Waals surface area contributed by atoms with Crippen LogP contribution in [0.5, 0.6) is 0 Å². The fraction of sp³-hybridized carbons (Fsp3) is 0.417. The van der Waals surface area contributed by atoms with Crippen LogP contribution in [0.3, 0.4) is 0 Å². The summed E-state index contributed by atoms with van der Waals surface area (Å²) >= 11 is 1.38. The maximum absolute atomic E-state index is 12.5. The molecule has 0 spiro atoms. The molecule has 1 saturated heterocycles. The molecule has 1 aromatic carbocycles. The van der Waals surface area contributed by atoms with Crippen LogP contribution in [-0.4, -0.2) is 56.7 Å². The third-order valence-electron chi connectivity index (χ3n) is 5.42. The van der Waals surface area contributed by atoms with Crippen molar-refractivity contribution < 1.29 is 9.53 Å². The highest BCUT2D eigenvalue weighted by atomic mass is 32.2. The first-order valence-electron chi connectivity index (χ1n) is 11.2. The summed E-state index contributed by atoms with van der Waals surface area (Å²) < 4.78 is 7.82. The number of benzene rings is 1. The molecule has 2 unspecified atom stereocenters. The lowest BCUT2D eigenvalue weighted by Gasteiger charge is -2.36. The van der Waals surface area contributed by atoms with Crippen molar-refractivity contribution in [1.82, 2.24) is 19.7 Å². The van der Waals surface area contributed by atoms with E-state index in [1.54, 1.807) is 6.20 Å². The van der Waals surface area contributed by atoms with Crippen molar-refractivity contribution in [3.05, 3.63) is 48.2 Å². The number of pyridine rings is 1. The molecule has 0 aliphatic carbocycles. The van der Waals surface area contributed by atoms with Gasteiger partial charge in [0.05, 0.1) is 29.8 Å². The molecule has 1 amide bonds. The van der Waals surface area contributed by atoms with Crippen molar-refractivity contribution in [3.63, 3.8) is 0 Å². The van der Waals surface area contributed by atoms with Gasteiger partial charge in [0.15, 0.2) is 11.0 Å². The summed E-state index contributed by atoms with van der Waals surface area (Å²) in [7, 11) is 0. The van der Waals surface area contributed by atoms with Crippen LogP contribution in [0.1, 0.15) is 26.3 Å². The molecule has 0 radical (unpaired) electrons. The van der Waals surface area contributed by atoms with Crippen LogP contribution in [0.15, 0.2) is 47.8 Å². The first-order chi connectivity index (χ1) is 15.9. The predicted molar refractivity (Wildman–Crippen MR) is 132 cm³/mol. The summed E-state index contributed by atoms with van der Waals surface area (Å²) in [6.45, 7) is 10.6. The molecule has 4 rings (SSSR count). The SMILES string of the molecule is CCn1c(SCC(=O)Nc2ccc(N3CC(C)OC(C)C3)nc2)nnc1-c1cccc(C)c1. The van der Waals surface area contributed by atoms with Crippen molar-refractivity contribution in [3.8, 4) is 11.4 Å². The number of carbonyl (C=O) groups excluding carboxylic acids is 1. The molecule has 1 aliphatic rings. The van der Waals surface area contributed by atoms with Gasteiger partial charge < -0.3 is 19.5 Å². The minimum absolute atomic E-state index is 0.106. The van der Waals surface area contributed by atoms with E-state index < -0.39 is 0 Å². The molecule has 0 saturated carbocycles. The van der Waals surface area contributed by atoms with Gasteiger partial charge in [-0.25, -0.2) is 4.98 Å². The van der Waals surface area contributed by atoms with Crippen molar-refractivity contribution in [2.45, 2.75) is 51.6 Å². The highest BCUT2D eigenvalue weighted by Crippen LogP contribution is 2.25. The second kappa shape index (κ2) is 10.4. The lowest BCUT2D eigenvalue weighted by atomic mass is 10.1. The van der Waals surface area contributed by atoms with Gasteiger partial charge in [-0.1, -0.05) is 35.5 Å². The Hall–Kier alpha value is -2.91. The van der Waals surface area contributed by atoms with E-state index in [0.29, 0.717) is 5.69 Å². The Balaban J connectivity index is 1.35. The van der Waals surface area contributed by atoms with Crippen molar-refractivity contribution in [2.75, 3.05) is 29.1 Å². The average Bonchev–Trinajstić information content (AvgIpc) is 3.20. The van der Waals surface area contributed by atoms with Gasteiger partial charge >= 0.3 is 0 Å². The maximum atomic E-state index is 12.5. The van der Waals surface area contributed by atoms with Crippen LogP contribution in [0.25, 0.3) is 11.4 Å². The van der Waals surface area contributed by atoms with Gasteiger partial charge in [0.1, 0.15) is 5.82 Å². The second-order valence-electron chi connectivity index (χ2n) is 8.32. The van der Waals surface area contributed by atoms with Gasteiger partial charge in [-0.05, 0) is 45.9 Å². The first-order valence-corrected chi connectivity index (χ1v) is 12.2. The molecule has 2 aromatic heterocycles. The molecule has 1 N–H and O–H groups in total. The molecule has 0 bridgehead atoms. The van der Waals surface area contributed by atoms with Gasteiger partial charge in [-0.15, -0.1) is 10.2 Å². The van der Waals surface area contributed by atoms with Crippen LogP contribution in [-0.2, 0) is 16.1 Å². The summed E-state index contributed by atoms with van der Waals surface area (Å²) in [5.74, 6) is 1.84. The Labute approximate surface area is 198 Å². The third kappa shape index (κ3) is 5.72. The molecule has 3 heterocycles. The average molecular weight is 467 g/mol. The zero-order valence-electron chi connectivity index (χ0n) is 19.5. The summed E-state index contributed by atoms with van der Waals surface area (Å²) in [6.07, 6.45) is 2.04. The molecule has 2 atom stereocenters. The van der Waals surface area contributed by atoms with Gasteiger partial charge in [0.2, 0.25) is 5.91 Å². The standard InChI is InChI=1S/C24H30N6O2S/c1-5-30-23(19-8-6-7-16(2)11-19)27-28-24(30)33-15-22(31)26-20-9-10-21(25-12-20)29-13-17(3)32-18(4)14-29/h6-12,17-18H,5,13-15H2,1-4H3,(H,26,31). The van der Waals surface area contributed by atoms with Crippen molar-refractivity contribution in [1.29, 1.82) is 0 Å². The molecule has 174 valence electrons. The van der Waals surface area contributed by atoms with Crippen molar-refractivity contribution >= 4 is 29.2 Å². The summed E-state index contributed by atoms with van der Waals surface area (Å²) in [5.41, 5.74) is 2.87. The fourth-order valence-electron chi connectivity index (χ4n) is 4.02. The van der Waals surface area contributed by atoms with Crippen LogP contribution in [0.4, 0.5) is 11.5 Å². The topological polar surface area (TPSA) is 85.2 Å². The van der Waals surface area contributed by atoms with E-state index in [1.165, 1.54) is 17.3 Å². The quantitative estimate of drug-likeness (QED) is 0.527. The van der Waals surface area contributed by atoms with E-state index in [4.69, 9.17) is 4.74 Å². The lowest BCUT2D eigenvalue weighted by molar-refractivity contribution is -0.113. The number of anilines is 2. The number of hydrogen-bond donors (Lipinski definition) is 1.